The van der Waals surface area contributed by atoms with Gasteiger partial charge in [-0.3, -0.25) is 9.36 Å². The molecule has 1 saturated carbocycles. The molecule has 30 heavy (non-hydrogen) atoms. The number of carbonyl (C=O) groups is 1. The number of hydrogen-bond donors (Lipinski definition) is 1. The van der Waals surface area contributed by atoms with Gasteiger partial charge in [0.05, 0.1) is 0 Å². The fourth-order valence-electron chi connectivity index (χ4n) is 3.93. The Kier molecular flexibility index (Phi) is 4.98. The van der Waals surface area contributed by atoms with Crippen LogP contribution < -0.4 is 15.8 Å². The molecule has 0 bridgehead atoms. The number of amides is 1. The average molecular weight is 426 g/mol. The molecular weight excluding hydrogens is 402 g/mol. The Morgan fingerprint density at radius 3 is 2.77 bits per heavy atom. The Bertz CT molecular complexity index is 1160. The predicted octanol–water partition coefficient (Wildman–Crippen LogP) is 3.57. The van der Waals surface area contributed by atoms with Crippen molar-refractivity contribution in [2.75, 3.05) is 23.3 Å². The van der Waals surface area contributed by atoms with E-state index in [0.717, 1.165) is 48.0 Å². The highest BCUT2D eigenvalue weighted by Crippen LogP contribution is 2.42. The van der Waals surface area contributed by atoms with Crippen molar-refractivity contribution >= 4 is 40.3 Å². The van der Waals surface area contributed by atoms with Crippen molar-refractivity contribution in [3.8, 4) is 0 Å². The minimum absolute atomic E-state index is 0.170. The molecule has 0 radical (unpaired) electrons. The highest BCUT2D eigenvalue weighted by atomic mass is 32.2. The SMILES string of the molecule is CC(=O)Nc1ccc2c(CSc3nnc(N4CCCC4)n3C3CC3)cc(=O)oc2c1. The van der Waals surface area contributed by atoms with Crippen molar-refractivity contribution in [3.63, 3.8) is 0 Å². The number of hydrogen-bond acceptors (Lipinski definition) is 7. The van der Waals surface area contributed by atoms with Crippen molar-refractivity contribution < 1.29 is 9.21 Å². The number of carbonyl (C=O) groups excluding carboxylic acids is 1. The third-order valence-electron chi connectivity index (χ3n) is 5.45. The van der Waals surface area contributed by atoms with E-state index in [9.17, 15) is 9.59 Å². The molecule has 156 valence electrons. The monoisotopic (exact) mass is 425 g/mol. The maximum Gasteiger partial charge on any atom is 0.336 e. The fourth-order valence-corrected chi connectivity index (χ4v) is 4.92. The summed E-state index contributed by atoms with van der Waals surface area (Å²) < 4.78 is 7.64. The third-order valence-corrected chi connectivity index (χ3v) is 6.45. The van der Waals surface area contributed by atoms with Gasteiger partial charge in [0.1, 0.15) is 5.58 Å². The minimum atomic E-state index is -0.403. The summed E-state index contributed by atoms with van der Waals surface area (Å²) in [4.78, 5) is 25.7. The minimum Gasteiger partial charge on any atom is -0.423 e. The second-order valence-corrected chi connectivity index (χ2v) is 8.79. The van der Waals surface area contributed by atoms with Crippen LogP contribution in [0.2, 0.25) is 0 Å². The van der Waals surface area contributed by atoms with Gasteiger partial charge in [-0.05, 0) is 43.4 Å². The molecule has 2 fully saturated rings. The van der Waals surface area contributed by atoms with Gasteiger partial charge in [-0.2, -0.15) is 0 Å². The largest absolute Gasteiger partial charge is 0.423 e. The Morgan fingerprint density at radius 2 is 2.03 bits per heavy atom. The first kappa shape index (κ1) is 19.2. The first-order valence-corrected chi connectivity index (χ1v) is 11.2. The van der Waals surface area contributed by atoms with Gasteiger partial charge in [-0.25, -0.2) is 4.79 Å². The van der Waals surface area contributed by atoms with E-state index in [2.05, 4.69) is 25.0 Å². The maximum atomic E-state index is 12.1. The number of aromatic nitrogens is 3. The highest BCUT2D eigenvalue weighted by Gasteiger charge is 2.32. The quantitative estimate of drug-likeness (QED) is 0.477. The van der Waals surface area contributed by atoms with E-state index in [1.54, 1.807) is 17.8 Å². The summed E-state index contributed by atoms with van der Waals surface area (Å²) in [5.74, 6) is 1.40. The number of rotatable bonds is 6. The van der Waals surface area contributed by atoms with Crippen molar-refractivity contribution in [2.45, 2.75) is 49.6 Å². The zero-order valence-electron chi connectivity index (χ0n) is 16.8. The van der Waals surface area contributed by atoms with Gasteiger partial charge in [0.2, 0.25) is 11.9 Å². The molecule has 2 aliphatic rings. The smallest absolute Gasteiger partial charge is 0.336 e. The fraction of sp³-hybridized carbons (Fsp3) is 0.429. The van der Waals surface area contributed by atoms with Crippen LogP contribution in [-0.4, -0.2) is 33.8 Å². The Morgan fingerprint density at radius 1 is 1.23 bits per heavy atom. The summed E-state index contributed by atoms with van der Waals surface area (Å²) in [7, 11) is 0. The van der Waals surface area contributed by atoms with Crippen LogP contribution in [0.1, 0.15) is 44.2 Å². The first-order valence-electron chi connectivity index (χ1n) is 10.3. The summed E-state index contributed by atoms with van der Waals surface area (Å²) in [6, 6.07) is 7.39. The van der Waals surface area contributed by atoms with E-state index in [1.165, 1.54) is 25.8 Å². The van der Waals surface area contributed by atoms with Crippen LogP contribution in [0.5, 0.6) is 0 Å². The standard InChI is InChI=1S/C21H23N5O3S/c1-13(27)22-15-4-7-17-14(10-19(28)29-18(17)11-15)12-30-21-24-23-20(25-8-2-3-9-25)26(21)16-5-6-16/h4,7,10-11,16H,2-3,5-6,8-9,12H2,1H3,(H,22,27). The number of fused-ring (bicyclic) bond motifs is 1. The first-order chi connectivity index (χ1) is 14.6. The second kappa shape index (κ2) is 7.79. The zero-order chi connectivity index (χ0) is 20.7. The molecule has 1 aromatic carbocycles. The van der Waals surface area contributed by atoms with E-state index in [0.29, 0.717) is 23.1 Å². The molecule has 5 rings (SSSR count). The van der Waals surface area contributed by atoms with Crippen molar-refractivity contribution in [2.24, 2.45) is 0 Å². The molecule has 0 unspecified atom stereocenters. The lowest BCUT2D eigenvalue weighted by Crippen LogP contribution is -2.22. The van der Waals surface area contributed by atoms with Crippen LogP contribution in [0, 0.1) is 0 Å². The molecule has 8 nitrogen and oxygen atoms in total. The Balaban J connectivity index is 1.42. The maximum absolute atomic E-state index is 12.1. The van der Waals surface area contributed by atoms with Gasteiger partial charge in [-0.15, -0.1) is 10.2 Å². The molecule has 0 spiro atoms. The van der Waals surface area contributed by atoms with Crippen molar-refractivity contribution in [3.05, 3.63) is 40.2 Å². The van der Waals surface area contributed by atoms with Gasteiger partial charge >= 0.3 is 5.63 Å². The summed E-state index contributed by atoms with van der Waals surface area (Å²) in [6.45, 7) is 3.52. The van der Waals surface area contributed by atoms with E-state index < -0.39 is 5.63 Å². The molecular formula is C21H23N5O3S. The summed E-state index contributed by atoms with van der Waals surface area (Å²) in [5.41, 5.74) is 1.55. The molecule has 0 atom stereocenters. The molecule has 2 aromatic heterocycles. The number of nitrogens with zero attached hydrogens (tertiary/aromatic N) is 4. The van der Waals surface area contributed by atoms with E-state index >= 15 is 0 Å². The normalized spacial score (nSPS) is 16.4. The molecule has 1 aliphatic carbocycles. The van der Waals surface area contributed by atoms with Crippen LogP contribution in [-0.2, 0) is 10.5 Å². The molecule has 3 aromatic rings. The molecule has 1 amide bonds. The van der Waals surface area contributed by atoms with Gasteiger partial charge in [0.15, 0.2) is 5.16 Å². The lowest BCUT2D eigenvalue weighted by molar-refractivity contribution is -0.114. The number of thioether (sulfide) groups is 1. The summed E-state index contributed by atoms with van der Waals surface area (Å²) in [6.07, 6.45) is 4.73. The zero-order valence-corrected chi connectivity index (χ0v) is 17.6. The predicted molar refractivity (Wildman–Crippen MR) is 116 cm³/mol. The number of benzene rings is 1. The molecule has 1 saturated heterocycles. The van der Waals surface area contributed by atoms with Gasteiger partial charge in [0, 0.05) is 55.0 Å². The topological polar surface area (TPSA) is 93.3 Å². The number of nitrogens with one attached hydrogen (secondary N) is 1. The van der Waals surface area contributed by atoms with Crippen LogP contribution in [0.3, 0.4) is 0 Å². The van der Waals surface area contributed by atoms with Crippen LogP contribution in [0.25, 0.3) is 11.0 Å². The molecule has 9 heteroatoms. The van der Waals surface area contributed by atoms with E-state index in [-0.39, 0.29) is 5.91 Å². The molecule has 1 aliphatic heterocycles. The summed E-state index contributed by atoms with van der Waals surface area (Å²) in [5, 5.41) is 13.4. The number of anilines is 2. The van der Waals surface area contributed by atoms with Crippen molar-refractivity contribution in [1.29, 1.82) is 0 Å². The van der Waals surface area contributed by atoms with Crippen LogP contribution in [0.15, 0.2) is 38.6 Å². The van der Waals surface area contributed by atoms with Gasteiger partial charge in [0.25, 0.3) is 0 Å². The van der Waals surface area contributed by atoms with E-state index in [4.69, 9.17) is 4.42 Å². The van der Waals surface area contributed by atoms with Crippen molar-refractivity contribution in [1.82, 2.24) is 14.8 Å². The Labute approximate surface area is 177 Å². The lowest BCUT2D eigenvalue weighted by atomic mass is 10.1. The van der Waals surface area contributed by atoms with E-state index in [1.807, 2.05) is 12.1 Å². The molecule has 3 heterocycles. The average Bonchev–Trinajstić information content (AvgIpc) is 3.23. The van der Waals surface area contributed by atoms with Crippen LogP contribution in [0.4, 0.5) is 11.6 Å². The molecule has 1 N–H and O–H groups in total. The Hall–Kier alpha value is -2.81. The lowest BCUT2D eigenvalue weighted by Gasteiger charge is -2.18. The van der Waals surface area contributed by atoms with Gasteiger partial charge in [-0.1, -0.05) is 11.8 Å². The third kappa shape index (κ3) is 3.81. The summed E-state index contributed by atoms with van der Waals surface area (Å²) >= 11 is 1.60. The van der Waals surface area contributed by atoms with Crippen LogP contribution >= 0.6 is 11.8 Å². The second-order valence-electron chi connectivity index (χ2n) is 7.85. The highest BCUT2D eigenvalue weighted by molar-refractivity contribution is 7.98. The van der Waals surface area contributed by atoms with Gasteiger partial charge < -0.3 is 14.6 Å².